The van der Waals surface area contributed by atoms with Gasteiger partial charge in [0.2, 0.25) is 5.91 Å². The maximum absolute atomic E-state index is 13.1. The van der Waals surface area contributed by atoms with E-state index in [-0.39, 0.29) is 28.8 Å². The summed E-state index contributed by atoms with van der Waals surface area (Å²) in [6, 6.07) is -1.35. The van der Waals surface area contributed by atoms with Crippen molar-refractivity contribution in [3.8, 4) is 0 Å². The fourth-order valence-corrected chi connectivity index (χ4v) is 5.60. The van der Waals surface area contributed by atoms with Gasteiger partial charge in [0, 0.05) is 12.0 Å². The third kappa shape index (κ3) is 4.04. The van der Waals surface area contributed by atoms with E-state index in [1.54, 1.807) is 32.6 Å². The van der Waals surface area contributed by atoms with E-state index in [1.165, 1.54) is 6.42 Å². The van der Waals surface area contributed by atoms with E-state index < -0.39 is 23.8 Å². The zero-order valence-electron chi connectivity index (χ0n) is 19.5. The Balaban J connectivity index is 1.61. The molecular formula is C23H38N2O5. The normalized spacial score (nSPS) is 33.3. The van der Waals surface area contributed by atoms with Crippen LogP contribution >= 0.6 is 0 Å². The predicted molar refractivity (Wildman–Crippen MR) is 113 cm³/mol. The van der Waals surface area contributed by atoms with Crippen molar-refractivity contribution in [3.63, 3.8) is 0 Å². The lowest BCUT2D eigenvalue weighted by Gasteiger charge is -2.39. The molecule has 2 bridgehead atoms. The Morgan fingerprint density at radius 1 is 1.13 bits per heavy atom. The summed E-state index contributed by atoms with van der Waals surface area (Å²) < 4.78 is 11.3. The molecule has 0 aromatic heterocycles. The number of hydrogen-bond acceptors (Lipinski definition) is 5. The molecule has 0 radical (unpaired) electrons. The molecule has 5 atom stereocenters. The number of hydrogen-bond donors (Lipinski definition) is 1. The van der Waals surface area contributed by atoms with Crippen LogP contribution in [0.4, 0.5) is 4.79 Å². The van der Waals surface area contributed by atoms with Gasteiger partial charge in [-0.1, -0.05) is 20.8 Å². The molecule has 7 nitrogen and oxygen atoms in total. The van der Waals surface area contributed by atoms with Gasteiger partial charge in [0.1, 0.15) is 23.8 Å². The van der Waals surface area contributed by atoms with Gasteiger partial charge < -0.3 is 19.7 Å². The van der Waals surface area contributed by atoms with Crippen LogP contribution < -0.4 is 5.32 Å². The SMILES string of the molecule is CC(NC(=O)OC(C)(C)C)C(=O)N1CCC[C@H]1C(=O)OC1CC2CCC1(C)C2(C)C. The van der Waals surface area contributed by atoms with E-state index in [9.17, 15) is 14.4 Å². The summed E-state index contributed by atoms with van der Waals surface area (Å²) >= 11 is 0. The molecule has 170 valence electrons. The first-order valence-electron chi connectivity index (χ1n) is 11.3. The molecule has 30 heavy (non-hydrogen) atoms. The molecule has 1 aliphatic heterocycles. The fraction of sp³-hybridized carbons (Fsp3) is 0.870. The molecule has 0 aromatic carbocycles. The molecule has 3 fully saturated rings. The van der Waals surface area contributed by atoms with E-state index in [1.807, 2.05) is 0 Å². The van der Waals surface area contributed by atoms with Crippen LogP contribution in [0.2, 0.25) is 0 Å². The Hall–Kier alpha value is -1.79. The Labute approximate surface area is 180 Å². The summed E-state index contributed by atoms with van der Waals surface area (Å²) in [5, 5.41) is 2.58. The second kappa shape index (κ2) is 7.72. The quantitative estimate of drug-likeness (QED) is 0.699. The monoisotopic (exact) mass is 422 g/mol. The van der Waals surface area contributed by atoms with Crippen molar-refractivity contribution in [3.05, 3.63) is 0 Å². The third-order valence-corrected chi connectivity index (χ3v) is 7.88. The second-order valence-corrected chi connectivity index (χ2v) is 11.1. The standard InChI is InChI=1S/C23H38N2O5/c1-14(24-20(28)30-21(2,3)4)18(26)25-12-8-9-16(25)19(27)29-17-13-15-10-11-23(17,7)22(15,5)6/h14-17H,8-13H2,1-7H3,(H,24,28)/t14?,15?,16-,17?,23?/m0/s1. The molecule has 7 heteroatoms. The minimum atomic E-state index is -0.771. The summed E-state index contributed by atoms with van der Waals surface area (Å²) in [7, 11) is 0. The lowest BCUT2D eigenvalue weighted by atomic mass is 9.70. The third-order valence-electron chi connectivity index (χ3n) is 7.88. The smallest absolute Gasteiger partial charge is 0.408 e. The average Bonchev–Trinajstić information content (AvgIpc) is 3.22. The van der Waals surface area contributed by atoms with Gasteiger partial charge in [-0.25, -0.2) is 9.59 Å². The molecule has 2 saturated carbocycles. The van der Waals surface area contributed by atoms with Crippen LogP contribution in [0.15, 0.2) is 0 Å². The van der Waals surface area contributed by atoms with Crippen LogP contribution in [0.3, 0.4) is 0 Å². The van der Waals surface area contributed by atoms with E-state index >= 15 is 0 Å². The Kier molecular flexibility index (Phi) is 5.89. The second-order valence-electron chi connectivity index (χ2n) is 11.1. The van der Waals surface area contributed by atoms with Gasteiger partial charge in [0.05, 0.1) is 0 Å². The molecule has 3 rings (SSSR count). The first-order chi connectivity index (χ1) is 13.8. The summed E-state index contributed by atoms with van der Waals surface area (Å²) in [6.07, 6.45) is 3.80. The lowest BCUT2D eigenvalue weighted by molar-refractivity contribution is -0.165. The van der Waals surface area contributed by atoms with Crippen molar-refractivity contribution in [1.82, 2.24) is 10.2 Å². The number of ether oxygens (including phenoxy) is 2. The van der Waals surface area contributed by atoms with Crippen molar-refractivity contribution in [1.29, 1.82) is 0 Å². The topological polar surface area (TPSA) is 84.9 Å². The summed E-state index contributed by atoms with van der Waals surface area (Å²) in [6.45, 7) is 14.2. The number of amides is 2. The highest BCUT2D eigenvalue weighted by Gasteiger charge is 2.63. The number of alkyl carbamates (subject to hydrolysis) is 1. The van der Waals surface area contributed by atoms with E-state index in [2.05, 4.69) is 26.1 Å². The van der Waals surface area contributed by atoms with Crippen LogP contribution in [0.25, 0.3) is 0 Å². The number of esters is 1. The maximum atomic E-state index is 13.1. The molecule has 0 spiro atoms. The number of nitrogens with zero attached hydrogens (tertiary/aromatic N) is 1. The molecule has 1 N–H and O–H groups in total. The number of nitrogens with one attached hydrogen (secondary N) is 1. The zero-order chi connectivity index (χ0) is 22.5. The van der Waals surface area contributed by atoms with Crippen molar-refractivity contribution >= 4 is 18.0 Å². The molecule has 1 heterocycles. The zero-order valence-corrected chi connectivity index (χ0v) is 19.5. The molecule has 4 unspecified atom stereocenters. The van der Waals surface area contributed by atoms with Crippen LogP contribution in [0, 0.1) is 16.7 Å². The van der Waals surface area contributed by atoms with Crippen LogP contribution in [0.1, 0.15) is 80.6 Å². The Morgan fingerprint density at radius 2 is 1.80 bits per heavy atom. The van der Waals surface area contributed by atoms with Gasteiger partial charge in [-0.3, -0.25) is 4.79 Å². The van der Waals surface area contributed by atoms with Gasteiger partial charge in [0.25, 0.3) is 0 Å². The highest BCUT2D eigenvalue weighted by Crippen LogP contribution is 2.66. The number of likely N-dealkylation sites (tertiary alicyclic amines) is 1. The highest BCUT2D eigenvalue weighted by molar-refractivity contribution is 5.90. The summed E-state index contributed by atoms with van der Waals surface area (Å²) in [5.41, 5.74) is -0.487. The van der Waals surface area contributed by atoms with Gasteiger partial charge in [-0.2, -0.15) is 0 Å². The molecule has 0 aromatic rings. The summed E-state index contributed by atoms with van der Waals surface area (Å²) in [5.74, 6) is -0.000601. The maximum Gasteiger partial charge on any atom is 0.408 e. The van der Waals surface area contributed by atoms with Gasteiger partial charge >= 0.3 is 12.1 Å². The summed E-state index contributed by atoms with van der Waals surface area (Å²) in [4.78, 5) is 39.6. The van der Waals surface area contributed by atoms with Crippen LogP contribution in [-0.2, 0) is 19.1 Å². The largest absolute Gasteiger partial charge is 0.460 e. The van der Waals surface area contributed by atoms with Gasteiger partial charge in [-0.05, 0) is 71.1 Å². The number of rotatable bonds is 4. The fourth-order valence-electron chi connectivity index (χ4n) is 5.60. The van der Waals surface area contributed by atoms with E-state index in [0.29, 0.717) is 18.9 Å². The van der Waals surface area contributed by atoms with E-state index in [4.69, 9.17) is 9.47 Å². The molecule has 3 aliphatic rings. The van der Waals surface area contributed by atoms with Crippen molar-refractivity contribution < 1.29 is 23.9 Å². The average molecular weight is 423 g/mol. The minimum absolute atomic E-state index is 0.00761. The number of carbonyl (C=O) groups excluding carboxylic acids is 3. The first kappa shape index (κ1) is 22.9. The van der Waals surface area contributed by atoms with Crippen molar-refractivity contribution in [2.75, 3.05) is 6.54 Å². The van der Waals surface area contributed by atoms with Crippen molar-refractivity contribution in [2.45, 2.75) is 104 Å². The molecule has 2 aliphatic carbocycles. The van der Waals surface area contributed by atoms with Crippen LogP contribution in [-0.4, -0.2) is 53.2 Å². The van der Waals surface area contributed by atoms with E-state index in [0.717, 1.165) is 19.3 Å². The Bertz CT molecular complexity index is 713. The van der Waals surface area contributed by atoms with Crippen molar-refractivity contribution in [2.24, 2.45) is 16.7 Å². The minimum Gasteiger partial charge on any atom is -0.460 e. The van der Waals surface area contributed by atoms with Gasteiger partial charge in [0.15, 0.2) is 0 Å². The highest BCUT2D eigenvalue weighted by atomic mass is 16.6. The first-order valence-corrected chi connectivity index (χ1v) is 11.3. The van der Waals surface area contributed by atoms with Gasteiger partial charge in [-0.15, -0.1) is 0 Å². The predicted octanol–water partition coefficient (Wildman–Crippen LogP) is 3.65. The Morgan fingerprint density at radius 3 is 2.33 bits per heavy atom. The molecular weight excluding hydrogens is 384 g/mol. The molecule has 1 saturated heterocycles. The number of carbonyl (C=O) groups is 3. The van der Waals surface area contributed by atoms with Crippen LogP contribution in [0.5, 0.6) is 0 Å². The lowest BCUT2D eigenvalue weighted by Crippen LogP contribution is -2.52. The number of fused-ring (bicyclic) bond motifs is 2. The molecule has 2 amide bonds.